The second-order valence-corrected chi connectivity index (χ2v) is 5.02. The van der Waals surface area contributed by atoms with Crippen molar-refractivity contribution >= 4 is 17.8 Å². The Morgan fingerprint density at radius 1 is 1.08 bits per heavy atom. The zero-order chi connectivity index (χ0) is 17.4. The van der Waals surface area contributed by atoms with Gasteiger partial charge in [0, 0.05) is 12.4 Å². The molecule has 0 aliphatic carbocycles. The molecule has 0 radical (unpaired) electrons. The van der Waals surface area contributed by atoms with Crippen LogP contribution in [0.5, 0.6) is 0 Å². The van der Waals surface area contributed by atoms with Crippen molar-refractivity contribution in [1.29, 1.82) is 0 Å². The summed E-state index contributed by atoms with van der Waals surface area (Å²) in [6.07, 6.45) is 2.69. The minimum Gasteiger partial charge on any atom is -0.466 e. The van der Waals surface area contributed by atoms with Crippen LogP contribution in [0, 0.1) is 0 Å². The third-order valence-electron chi connectivity index (χ3n) is 3.29. The predicted octanol–water partition coefficient (Wildman–Crippen LogP) is 1.81. The van der Waals surface area contributed by atoms with Gasteiger partial charge in [0.2, 0.25) is 11.8 Å². The van der Waals surface area contributed by atoms with Gasteiger partial charge in [-0.15, -0.1) is 0 Å². The standard InChI is InChI=1S/C18H18N2O4/c1-2-24-16(22)11-15(21)20-18(23)17(13-7-4-3-5-8-13)14-9-6-10-19-12-14/h3-10,12,17H,2,11H2,1H3,(H,20,21,23). The molecule has 2 rings (SSSR count). The van der Waals surface area contributed by atoms with Crippen molar-refractivity contribution in [1.82, 2.24) is 10.3 Å². The van der Waals surface area contributed by atoms with Crippen LogP contribution in [0.3, 0.4) is 0 Å². The summed E-state index contributed by atoms with van der Waals surface area (Å²) in [6, 6.07) is 12.5. The van der Waals surface area contributed by atoms with Crippen molar-refractivity contribution in [2.75, 3.05) is 6.61 Å². The first-order valence-electron chi connectivity index (χ1n) is 7.56. The van der Waals surface area contributed by atoms with Gasteiger partial charge in [-0.2, -0.15) is 0 Å². The fraction of sp³-hybridized carbons (Fsp3) is 0.222. The van der Waals surface area contributed by atoms with Crippen LogP contribution in [0.1, 0.15) is 30.4 Å². The van der Waals surface area contributed by atoms with Crippen molar-refractivity contribution in [2.24, 2.45) is 0 Å². The fourth-order valence-corrected chi connectivity index (χ4v) is 2.28. The van der Waals surface area contributed by atoms with Gasteiger partial charge in [-0.3, -0.25) is 24.7 Å². The number of imide groups is 1. The molecule has 0 aliphatic rings. The Balaban J connectivity index is 2.17. The maximum absolute atomic E-state index is 12.6. The van der Waals surface area contributed by atoms with Crippen LogP contribution in [-0.4, -0.2) is 29.4 Å². The molecule has 24 heavy (non-hydrogen) atoms. The first-order chi connectivity index (χ1) is 11.6. The first kappa shape index (κ1) is 17.3. The van der Waals surface area contributed by atoms with Gasteiger partial charge in [-0.25, -0.2) is 0 Å². The quantitative estimate of drug-likeness (QED) is 0.646. The number of esters is 1. The number of rotatable bonds is 6. The van der Waals surface area contributed by atoms with Crippen molar-refractivity contribution in [2.45, 2.75) is 19.3 Å². The SMILES string of the molecule is CCOC(=O)CC(=O)NC(=O)C(c1ccccc1)c1cccnc1. The number of ether oxygens (including phenoxy) is 1. The summed E-state index contributed by atoms with van der Waals surface area (Å²) in [7, 11) is 0. The normalized spacial score (nSPS) is 11.4. The molecule has 0 fully saturated rings. The zero-order valence-electron chi connectivity index (χ0n) is 13.3. The highest BCUT2D eigenvalue weighted by molar-refractivity contribution is 6.05. The van der Waals surface area contributed by atoms with Crippen molar-refractivity contribution in [3.05, 3.63) is 66.0 Å². The number of carbonyl (C=O) groups excluding carboxylic acids is 3. The highest BCUT2D eigenvalue weighted by Gasteiger charge is 2.25. The summed E-state index contributed by atoms with van der Waals surface area (Å²) in [6.45, 7) is 1.83. The van der Waals surface area contributed by atoms with Gasteiger partial charge in [0.05, 0.1) is 12.5 Å². The average Bonchev–Trinajstić information content (AvgIpc) is 2.57. The van der Waals surface area contributed by atoms with Crippen LogP contribution >= 0.6 is 0 Å². The van der Waals surface area contributed by atoms with E-state index in [1.165, 1.54) is 0 Å². The Kier molecular flexibility index (Phi) is 6.19. The number of amides is 2. The number of aromatic nitrogens is 1. The summed E-state index contributed by atoms with van der Waals surface area (Å²) in [5.41, 5.74) is 1.39. The van der Waals surface area contributed by atoms with E-state index in [1.54, 1.807) is 43.6 Å². The van der Waals surface area contributed by atoms with Crippen molar-refractivity contribution < 1.29 is 19.1 Å². The summed E-state index contributed by atoms with van der Waals surface area (Å²) in [4.78, 5) is 39.8. The van der Waals surface area contributed by atoms with E-state index in [0.29, 0.717) is 5.56 Å². The third kappa shape index (κ3) is 4.74. The van der Waals surface area contributed by atoms with E-state index in [0.717, 1.165) is 5.56 Å². The predicted molar refractivity (Wildman–Crippen MR) is 86.9 cm³/mol. The smallest absolute Gasteiger partial charge is 0.315 e. The Labute approximate surface area is 139 Å². The van der Waals surface area contributed by atoms with Gasteiger partial charge in [-0.1, -0.05) is 36.4 Å². The monoisotopic (exact) mass is 326 g/mol. The largest absolute Gasteiger partial charge is 0.466 e. The van der Waals surface area contributed by atoms with Crippen molar-refractivity contribution in [3.63, 3.8) is 0 Å². The van der Waals surface area contributed by atoms with Crippen LogP contribution in [0.15, 0.2) is 54.9 Å². The Hall–Kier alpha value is -3.02. The number of benzene rings is 1. The molecule has 0 saturated heterocycles. The highest BCUT2D eigenvalue weighted by atomic mass is 16.5. The molecule has 0 aliphatic heterocycles. The maximum Gasteiger partial charge on any atom is 0.315 e. The number of nitrogens with zero attached hydrogens (tertiary/aromatic N) is 1. The second-order valence-electron chi connectivity index (χ2n) is 5.02. The van der Waals surface area contributed by atoms with Crippen LogP contribution in [-0.2, 0) is 19.1 Å². The molecule has 1 atom stereocenters. The number of hydrogen-bond acceptors (Lipinski definition) is 5. The summed E-state index contributed by atoms with van der Waals surface area (Å²) in [5, 5.41) is 2.26. The molecule has 0 saturated carbocycles. The number of nitrogens with one attached hydrogen (secondary N) is 1. The summed E-state index contributed by atoms with van der Waals surface area (Å²) < 4.78 is 4.70. The molecule has 2 aromatic rings. The van der Waals surface area contributed by atoms with E-state index in [1.807, 2.05) is 18.2 Å². The molecule has 6 heteroatoms. The van der Waals surface area contributed by atoms with Gasteiger partial charge in [0.1, 0.15) is 6.42 Å². The second kappa shape index (κ2) is 8.57. The summed E-state index contributed by atoms with van der Waals surface area (Å²) in [5.74, 6) is -2.56. The molecule has 2 amide bonds. The minimum atomic E-state index is -0.691. The van der Waals surface area contributed by atoms with Crippen LogP contribution in [0.2, 0.25) is 0 Å². The first-order valence-corrected chi connectivity index (χ1v) is 7.56. The average molecular weight is 326 g/mol. The van der Waals surface area contributed by atoms with Crippen LogP contribution < -0.4 is 5.32 Å². The Morgan fingerprint density at radius 2 is 1.79 bits per heavy atom. The molecule has 124 valence electrons. The molecule has 1 aromatic carbocycles. The van der Waals surface area contributed by atoms with E-state index in [9.17, 15) is 14.4 Å². The van der Waals surface area contributed by atoms with Crippen LogP contribution in [0.4, 0.5) is 0 Å². The molecule has 0 spiro atoms. The molecular formula is C18H18N2O4. The van der Waals surface area contributed by atoms with Gasteiger partial charge < -0.3 is 4.74 Å². The number of carbonyl (C=O) groups is 3. The van der Waals surface area contributed by atoms with Gasteiger partial charge in [0.25, 0.3) is 0 Å². The topological polar surface area (TPSA) is 85.4 Å². The van der Waals surface area contributed by atoms with Crippen LogP contribution in [0.25, 0.3) is 0 Å². The van der Waals surface area contributed by atoms with E-state index < -0.39 is 30.1 Å². The molecule has 1 N–H and O–H groups in total. The minimum absolute atomic E-state index is 0.183. The zero-order valence-corrected chi connectivity index (χ0v) is 13.3. The van der Waals surface area contributed by atoms with Gasteiger partial charge in [-0.05, 0) is 24.1 Å². The highest BCUT2D eigenvalue weighted by Crippen LogP contribution is 2.24. The maximum atomic E-state index is 12.6. The van der Waals surface area contributed by atoms with E-state index in [2.05, 4.69) is 10.3 Å². The Morgan fingerprint density at radius 3 is 2.42 bits per heavy atom. The number of hydrogen-bond donors (Lipinski definition) is 1. The fourth-order valence-electron chi connectivity index (χ4n) is 2.28. The molecule has 1 heterocycles. The van der Waals surface area contributed by atoms with Gasteiger partial charge >= 0.3 is 5.97 Å². The molecule has 1 unspecified atom stereocenters. The molecule has 1 aromatic heterocycles. The molecule has 0 bridgehead atoms. The lowest BCUT2D eigenvalue weighted by molar-refractivity contribution is -0.146. The third-order valence-corrected chi connectivity index (χ3v) is 3.29. The molecule has 6 nitrogen and oxygen atoms in total. The van der Waals surface area contributed by atoms with E-state index in [4.69, 9.17) is 4.74 Å². The van der Waals surface area contributed by atoms with E-state index >= 15 is 0 Å². The van der Waals surface area contributed by atoms with Gasteiger partial charge in [0.15, 0.2) is 0 Å². The Bertz CT molecular complexity index is 662. The lowest BCUT2D eigenvalue weighted by Gasteiger charge is -2.16. The lowest BCUT2D eigenvalue weighted by Crippen LogP contribution is -2.36. The van der Waals surface area contributed by atoms with E-state index in [-0.39, 0.29) is 6.61 Å². The number of pyridine rings is 1. The summed E-state index contributed by atoms with van der Waals surface area (Å²) >= 11 is 0. The molecular weight excluding hydrogens is 308 g/mol. The lowest BCUT2D eigenvalue weighted by atomic mass is 9.91. The van der Waals surface area contributed by atoms with Crippen molar-refractivity contribution in [3.8, 4) is 0 Å².